The minimum absolute atomic E-state index is 0.0225. The Hall–Kier alpha value is -3.50. The lowest BCUT2D eigenvalue weighted by Crippen LogP contribution is -2.42. The molecule has 0 fully saturated rings. The van der Waals surface area contributed by atoms with Crippen LogP contribution in [0.25, 0.3) is 10.9 Å². The van der Waals surface area contributed by atoms with Gasteiger partial charge in [0.05, 0.1) is 18.7 Å². The van der Waals surface area contributed by atoms with Crippen molar-refractivity contribution in [2.75, 3.05) is 0 Å². The van der Waals surface area contributed by atoms with Gasteiger partial charge in [-0.05, 0) is 39.2 Å². The molecule has 2 aromatic carbocycles. The summed E-state index contributed by atoms with van der Waals surface area (Å²) in [6.45, 7) is 0.0688. The third kappa shape index (κ3) is 4.21. The van der Waals surface area contributed by atoms with E-state index in [2.05, 4.69) is 21.0 Å². The van der Waals surface area contributed by atoms with Crippen molar-refractivity contribution in [1.29, 1.82) is 0 Å². The van der Waals surface area contributed by atoms with Crippen molar-refractivity contribution in [2.45, 2.75) is 19.9 Å². The molecule has 10 heteroatoms. The average molecular weight is 485 g/mol. The number of carbonyl (C=O) groups is 1. The summed E-state index contributed by atoms with van der Waals surface area (Å²) in [5, 5.41) is 14.0. The van der Waals surface area contributed by atoms with Crippen molar-refractivity contribution in [1.82, 2.24) is 18.9 Å². The molecule has 0 saturated heterocycles. The van der Waals surface area contributed by atoms with E-state index in [9.17, 15) is 19.5 Å². The van der Waals surface area contributed by atoms with Crippen LogP contribution in [0.1, 0.15) is 11.1 Å². The molecule has 4 rings (SSSR count). The van der Waals surface area contributed by atoms with Crippen LogP contribution in [0, 0.1) is 0 Å². The Balaban J connectivity index is 1.64. The van der Waals surface area contributed by atoms with Gasteiger partial charge < -0.3 is 9.84 Å². The molecule has 0 aliphatic heterocycles. The standard InChI is InChI=1S/C21H17BrN4O5/c22-18-19(27)25(13-31-12-14-5-2-1-3-6-14)20(28)26(23-18)11-15-7-4-8-17-16(15)9-10-24(17)21(29)30/h1-10H,11-13H2,(H,29,30). The Labute approximate surface area is 183 Å². The maximum absolute atomic E-state index is 12.9. The molecule has 2 aromatic heterocycles. The summed E-state index contributed by atoms with van der Waals surface area (Å²) in [5.74, 6) is 0. The van der Waals surface area contributed by atoms with Crippen LogP contribution in [0.4, 0.5) is 4.79 Å². The number of hydrogen-bond donors (Lipinski definition) is 1. The van der Waals surface area contributed by atoms with Gasteiger partial charge in [-0.3, -0.25) is 9.36 Å². The molecule has 0 saturated carbocycles. The van der Waals surface area contributed by atoms with E-state index in [4.69, 9.17) is 4.74 Å². The molecule has 31 heavy (non-hydrogen) atoms. The highest BCUT2D eigenvalue weighted by atomic mass is 79.9. The van der Waals surface area contributed by atoms with E-state index in [1.54, 1.807) is 24.3 Å². The first-order valence-corrected chi connectivity index (χ1v) is 10.1. The van der Waals surface area contributed by atoms with Gasteiger partial charge in [-0.15, -0.1) is 0 Å². The van der Waals surface area contributed by atoms with Gasteiger partial charge in [-0.25, -0.2) is 18.8 Å². The number of halogens is 1. The smallest absolute Gasteiger partial charge is 0.415 e. The Bertz CT molecular complexity index is 1370. The van der Waals surface area contributed by atoms with Crippen molar-refractivity contribution in [3.63, 3.8) is 0 Å². The van der Waals surface area contributed by atoms with E-state index in [1.165, 1.54) is 6.20 Å². The van der Waals surface area contributed by atoms with E-state index in [1.807, 2.05) is 30.3 Å². The van der Waals surface area contributed by atoms with E-state index in [0.29, 0.717) is 16.5 Å². The van der Waals surface area contributed by atoms with Crippen molar-refractivity contribution < 1.29 is 14.6 Å². The second-order valence-electron chi connectivity index (χ2n) is 6.75. The van der Waals surface area contributed by atoms with Crippen molar-refractivity contribution in [3.05, 3.63) is 97.4 Å². The lowest BCUT2D eigenvalue weighted by atomic mass is 10.1. The Kier molecular flexibility index (Phi) is 5.83. The molecular weight excluding hydrogens is 468 g/mol. The third-order valence-corrected chi connectivity index (χ3v) is 5.26. The summed E-state index contributed by atoms with van der Waals surface area (Å²) in [4.78, 5) is 36.7. The lowest BCUT2D eigenvalue weighted by molar-refractivity contribution is 0.0569. The number of nitrogens with zero attached hydrogens (tertiary/aromatic N) is 4. The zero-order valence-corrected chi connectivity index (χ0v) is 17.7. The number of aromatic nitrogens is 4. The normalized spacial score (nSPS) is 11.1. The first-order valence-electron chi connectivity index (χ1n) is 9.27. The van der Waals surface area contributed by atoms with Crippen molar-refractivity contribution in [2.24, 2.45) is 0 Å². The molecule has 158 valence electrons. The van der Waals surface area contributed by atoms with E-state index >= 15 is 0 Å². The number of rotatable bonds is 6. The highest BCUT2D eigenvalue weighted by Crippen LogP contribution is 2.20. The number of fused-ring (bicyclic) bond motifs is 1. The predicted molar refractivity (Wildman–Crippen MR) is 116 cm³/mol. The average Bonchev–Trinajstić information content (AvgIpc) is 3.21. The summed E-state index contributed by atoms with van der Waals surface area (Å²) >= 11 is 3.11. The molecule has 4 aromatic rings. The van der Waals surface area contributed by atoms with Gasteiger partial charge in [0.2, 0.25) is 0 Å². The second kappa shape index (κ2) is 8.70. The van der Waals surface area contributed by atoms with Crippen LogP contribution in [0.15, 0.2) is 75.0 Å². The zero-order chi connectivity index (χ0) is 22.0. The topological polar surface area (TPSA) is 108 Å². The molecule has 9 nitrogen and oxygen atoms in total. The molecule has 0 aliphatic carbocycles. The van der Waals surface area contributed by atoms with Gasteiger partial charge in [0, 0.05) is 11.6 Å². The summed E-state index contributed by atoms with van der Waals surface area (Å²) < 4.78 is 8.74. The van der Waals surface area contributed by atoms with E-state index in [-0.39, 0.29) is 24.5 Å². The third-order valence-electron chi connectivity index (χ3n) is 4.76. The number of benzene rings is 2. The quantitative estimate of drug-likeness (QED) is 0.450. The van der Waals surface area contributed by atoms with Gasteiger partial charge in [0.25, 0.3) is 5.56 Å². The number of hydrogen-bond acceptors (Lipinski definition) is 5. The highest BCUT2D eigenvalue weighted by Gasteiger charge is 2.15. The van der Waals surface area contributed by atoms with E-state index < -0.39 is 17.3 Å². The lowest BCUT2D eigenvalue weighted by Gasteiger charge is -2.11. The van der Waals surface area contributed by atoms with Crippen LogP contribution in [0.5, 0.6) is 0 Å². The molecule has 1 N–H and O–H groups in total. The van der Waals surface area contributed by atoms with Crippen LogP contribution in [-0.2, 0) is 24.6 Å². The van der Waals surface area contributed by atoms with Gasteiger partial charge in [0.15, 0.2) is 4.60 Å². The molecule has 0 unspecified atom stereocenters. The second-order valence-corrected chi connectivity index (χ2v) is 7.50. The Morgan fingerprint density at radius 1 is 1.06 bits per heavy atom. The molecule has 0 amide bonds. The molecule has 2 heterocycles. The maximum Gasteiger partial charge on any atom is 0.415 e. The fraction of sp³-hybridized carbons (Fsp3) is 0.143. The van der Waals surface area contributed by atoms with Crippen molar-refractivity contribution >= 4 is 32.9 Å². The summed E-state index contributed by atoms with van der Waals surface area (Å²) in [7, 11) is 0. The van der Waals surface area contributed by atoms with Gasteiger partial charge >= 0.3 is 11.8 Å². The molecule has 0 spiro atoms. The van der Waals surface area contributed by atoms with Gasteiger partial charge in [0.1, 0.15) is 6.73 Å². The van der Waals surface area contributed by atoms with E-state index in [0.717, 1.165) is 19.4 Å². The minimum Gasteiger partial charge on any atom is -0.464 e. The molecule has 0 aliphatic rings. The molecule has 0 bridgehead atoms. The number of carboxylic acid groups (broad SMARTS) is 1. The van der Waals surface area contributed by atoms with Crippen molar-refractivity contribution in [3.8, 4) is 0 Å². The first-order chi connectivity index (χ1) is 15.0. The molecule has 0 radical (unpaired) electrons. The summed E-state index contributed by atoms with van der Waals surface area (Å²) in [5.41, 5.74) is 0.880. The largest absolute Gasteiger partial charge is 0.464 e. The van der Waals surface area contributed by atoms with Crippen LogP contribution >= 0.6 is 15.9 Å². The van der Waals surface area contributed by atoms with Crippen LogP contribution in [0.3, 0.4) is 0 Å². The minimum atomic E-state index is -1.10. The van der Waals surface area contributed by atoms with Gasteiger partial charge in [-0.2, -0.15) is 5.10 Å². The zero-order valence-electron chi connectivity index (χ0n) is 16.1. The monoisotopic (exact) mass is 484 g/mol. The fourth-order valence-electron chi connectivity index (χ4n) is 3.27. The Morgan fingerprint density at radius 3 is 2.58 bits per heavy atom. The van der Waals surface area contributed by atoms with Gasteiger partial charge in [-0.1, -0.05) is 42.5 Å². The number of ether oxygens (including phenoxy) is 1. The highest BCUT2D eigenvalue weighted by molar-refractivity contribution is 9.10. The predicted octanol–water partition coefficient (Wildman–Crippen LogP) is 2.87. The maximum atomic E-state index is 12.9. The summed E-state index contributed by atoms with van der Waals surface area (Å²) in [6.07, 6.45) is 0.343. The van der Waals surface area contributed by atoms with Crippen LogP contribution in [0.2, 0.25) is 0 Å². The van der Waals surface area contributed by atoms with Crippen LogP contribution in [-0.4, -0.2) is 30.1 Å². The first kappa shape index (κ1) is 20.8. The Morgan fingerprint density at radius 2 is 1.84 bits per heavy atom. The molecule has 0 atom stereocenters. The summed E-state index contributed by atoms with van der Waals surface area (Å²) in [6, 6.07) is 16.2. The molecular formula is C21H17BrN4O5. The SMILES string of the molecule is O=C(O)n1ccc2c(Cn3nc(Br)c(=O)n(COCc4ccccc4)c3=O)cccc21. The van der Waals surface area contributed by atoms with Crippen LogP contribution < -0.4 is 11.2 Å². The fourth-order valence-corrected chi connectivity index (χ4v) is 3.68.